The number of unbranched alkanes of at least 4 members (excludes halogenated alkanes) is 6. The van der Waals surface area contributed by atoms with Crippen LogP contribution in [-0.4, -0.2) is 51.7 Å². The van der Waals surface area contributed by atoms with Crippen molar-refractivity contribution in [2.24, 2.45) is 0 Å². The van der Waals surface area contributed by atoms with Gasteiger partial charge in [0.05, 0.1) is 78.2 Å². The summed E-state index contributed by atoms with van der Waals surface area (Å²) in [5.74, 6) is 0. The second kappa shape index (κ2) is 22.1. The molecule has 0 saturated carbocycles. The van der Waals surface area contributed by atoms with E-state index in [1.165, 1.54) is 117 Å². The number of aromatic nitrogens is 8. The molecule has 0 radical (unpaired) electrons. The molecule has 0 aliphatic carbocycles. The Labute approximate surface area is 439 Å². The fraction of sp³-hybridized carbons (Fsp3) is 0.228. The number of fused-ring (bicyclic) bond motifs is 12. The van der Waals surface area contributed by atoms with Gasteiger partial charge in [0.1, 0.15) is 0 Å². The van der Waals surface area contributed by atoms with E-state index in [4.69, 9.17) is 11.3 Å². The Morgan fingerprint density at radius 2 is 0.779 bits per heavy atom. The van der Waals surface area contributed by atoms with Crippen LogP contribution in [0.25, 0.3) is 110 Å². The van der Waals surface area contributed by atoms with E-state index in [2.05, 4.69) is 165 Å². The zero-order valence-corrected chi connectivity index (χ0v) is 42.3. The number of hydrogen-bond acceptors (Lipinski definition) is 5. The maximum absolute atomic E-state index is 9.96. The van der Waals surface area contributed by atoms with Gasteiger partial charge in [0.2, 0.25) is 0 Å². The van der Waals surface area contributed by atoms with E-state index in [0.717, 1.165) is 57.9 Å². The van der Waals surface area contributed by atoms with Crippen LogP contribution in [0.5, 0.6) is 0 Å². The molecule has 4 aromatic carbocycles. The monoisotopic (exact) mass is 927 g/mol. The summed E-state index contributed by atoms with van der Waals surface area (Å²) in [6, 6.07) is 42.9. The van der Waals surface area contributed by atoms with E-state index >= 15 is 0 Å². The first-order valence-corrected chi connectivity index (χ1v) is 23.4. The Morgan fingerprint density at radius 1 is 0.426 bits per heavy atom. The minimum atomic E-state index is -1.00. The van der Waals surface area contributed by atoms with Gasteiger partial charge >= 0.3 is 51.4 Å². The number of hydrogen-bond donors (Lipinski definition) is 2. The average molecular weight is 928 g/mol. The maximum Gasteiger partial charge on any atom is 1.00 e. The summed E-state index contributed by atoms with van der Waals surface area (Å²) in [4.78, 5) is 26.0. The first-order valence-electron chi connectivity index (χ1n) is 24.1. The van der Waals surface area contributed by atoms with Crippen molar-refractivity contribution in [3.05, 3.63) is 146 Å². The van der Waals surface area contributed by atoms with Crippen LogP contribution in [0.2, 0.25) is 0 Å². The Bertz CT molecular complexity index is 3430. The molecule has 8 heterocycles. The van der Waals surface area contributed by atoms with Crippen LogP contribution < -0.4 is 51.4 Å². The van der Waals surface area contributed by atoms with Crippen LogP contribution >= 0.6 is 0 Å². The van der Waals surface area contributed by atoms with E-state index in [0.29, 0.717) is 0 Å². The molecule has 9 nitrogen and oxygen atoms in total. The van der Waals surface area contributed by atoms with E-state index < -0.39 is 7.15 Å². The molecule has 3 N–H and O–H groups in total. The number of nitrogens with one attached hydrogen (secondary N) is 2. The summed E-state index contributed by atoms with van der Waals surface area (Å²) < 4.78 is 20.4. The molecule has 0 aliphatic rings. The summed E-state index contributed by atoms with van der Waals surface area (Å²) in [6.07, 6.45) is 18.0. The second-order valence-electron chi connectivity index (χ2n) is 17.2. The van der Waals surface area contributed by atoms with Crippen molar-refractivity contribution >= 4 is 87.2 Å². The third-order valence-electron chi connectivity index (χ3n) is 13.1. The fourth-order valence-electron chi connectivity index (χ4n) is 9.83. The predicted molar refractivity (Wildman–Crippen MR) is 277 cm³/mol. The number of alkyl halides is 1. The van der Waals surface area contributed by atoms with Crippen molar-refractivity contribution in [3.63, 3.8) is 0 Å². The van der Waals surface area contributed by atoms with Crippen molar-refractivity contribution in [2.75, 3.05) is 7.15 Å². The minimum Gasteiger partial charge on any atom is -0.870 e. The quantitative estimate of drug-likeness (QED) is 0.0933. The predicted octanol–water partition coefficient (Wildman–Crippen LogP) is 12.3. The number of halogens is 1. The Balaban J connectivity index is 0.000000181. The van der Waals surface area contributed by atoms with Crippen molar-refractivity contribution in [1.29, 1.82) is 0 Å². The van der Waals surface area contributed by atoms with Gasteiger partial charge < -0.3 is 24.6 Å². The summed E-state index contributed by atoms with van der Waals surface area (Å²) in [5, 5.41) is 9.89. The molecule has 11 heteroatoms. The Hall–Kier alpha value is -5.79. The van der Waals surface area contributed by atoms with Crippen LogP contribution in [0.1, 0.15) is 66.6 Å². The van der Waals surface area contributed by atoms with Gasteiger partial charge in [-0.15, -0.1) is 0 Å². The molecule has 12 aromatic rings. The third-order valence-corrected chi connectivity index (χ3v) is 13.1. The normalized spacial score (nSPS) is 11.5. The molecule has 0 atom stereocenters. The molecule has 0 aliphatic heterocycles. The maximum atomic E-state index is 9.96. The van der Waals surface area contributed by atoms with Gasteiger partial charge in [0, 0.05) is 78.2 Å². The molecular weight excluding hydrogens is 871 g/mol. The van der Waals surface area contributed by atoms with Crippen LogP contribution in [-0.2, 0) is 13.1 Å². The average Bonchev–Trinajstić information content (AvgIpc) is 4.12. The van der Waals surface area contributed by atoms with Gasteiger partial charge in [-0.25, -0.2) is 0 Å². The smallest absolute Gasteiger partial charge is 0.870 e. The number of para-hydroxylation sites is 4. The molecule has 8 aromatic heterocycles. The number of nitrogens with zero attached hydrogens (tertiary/aromatic N) is 6. The van der Waals surface area contributed by atoms with E-state index in [9.17, 15) is 4.39 Å². The van der Waals surface area contributed by atoms with Gasteiger partial charge in [-0.3, -0.25) is 24.3 Å². The number of pyridine rings is 4. The Kier molecular flexibility index (Phi) is 15.4. The largest absolute Gasteiger partial charge is 1.00 e. The summed E-state index contributed by atoms with van der Waals surface area (Å²) >= 11 is 0. The first-order chi connectivity index (χ1) is 33.1. The van der Waals surface area contributed by atoms with Crippen LogP contribution in [0, 0.1) is 0 Å². The number of H-pyrrole nitrogens is 2. The number of aryl methyl sites for hydroxylation is 2. The zero-order chi connectivity index (χ0) is 45.7. The van der Waals surface area contributed by atoms with Gasteiger partial charge in [-0.1, -0.05) is 125 Å². The molecule has 0 spiro atoms. The molecule has 0 saturated heterocycles. The van der Waals surface area contributed by atoms with Gasteiger partial charge in [0.25, 0.3) is 0 Å². The van der Waals surface area contributed by atoms with Gasteiger partial charge in [-0.2, -0.15) is 0 Å². The van der Waals surface area contributed by atoms with Crippen molar-refractivity contribution in [1.82, 2.24) is 39.0 Å². The Morgan fingerprint density at radius 3 is 1.19 bits per heavy atom. The zero-order valence-electron chi connectivity index (χ0n) is 40.1. The molecule has 338 valence electrons. The standard InChI is InChI=1S/C34H38N4.C22H14N4.CH3F.K.H2O/c1-3-5-7-13-19-37-31-17-11-9-15-25(31)27-21-29(35-23-33(27)37)30-22-28-26-16-10-12-18-32(26)38(34(28)24-36-30)20-14-8-6-4-2;1-3-7-17-13(5-1)15-9-19(23-11-21(15)25-17)20-10-16-14-6-2-4-8-18(14)26-22(16)12-24-20;1-2;;/h9-12,15-18,21-24H,3-8,13-14,19-20H2,1-2H3;1-12,25-26H;1H3;;1H2/q;;;+1;/p-1/i;;1D;;. The minimum absolute atomic E-state index is 0. The van der Waals surface area contributed by atoms with E-state index in [1.54, 1.807) is 0 Å². The molecule has 0 bridgehead atoms. The summed E-state index contributed by atoms with van der Waals surface area (Å²) in [5.41, 5.74) is 13.0. The second-order valence-corrected chi connectivity index (χ2v) is 17.2. The first kappa shape index (κ1) is 47.3. The number of aromatic amines is 2. The number of benzene rings is 4. The fourth-order valence-corrected chi connectivity index (χ4v) is 9.83. The van der Waals surface area contributed by atoms with Gasteiger partial charge in [0.15, 0.2) is 0 Å². The summed E-state index contributed by atoms with van der Waals surface area (Å²) in [7, 11) is -1.00. The molecular formula is C57H56FKN8O. The molecule has 12 rings (SSSR count). The SMILES string of the molecule is CCCCCCn1c2ccccc2c2cc(-c3cc4c5ccccc5n(CCCCCC)c4cn3)ncc21.[2H]CF.[K+].[OH-].c1ccc2c(c1)[nH]c1cnc(-c3cc4c(cn3)[nH]c3ccccc34)cc12. The van der Waals surface area contributed by atoms with Crippen LogP contribution in [0.15, 0.2) is 146 Å². The van der Waals surface area contributed by atoms with E-state index in [-0.39, 0.29) is 56.9 Å². The summed E-state index contributed by atoms with van der Waals surface area (Å²) in [6.45, 7) is 6.60. The van der Waals surface area contributed by atoms with Gasteiger partial charge in [-0.05, 0) is 61.4 Å². The van der Waals surface area contributed by atoms with Crippen molar-refractivity contribution < 1.29 is 62.6 Å². The topological polar surface area (TPSA) is 123 Å². The molecule has 68 heavy (non-hydrogen) atoms. The third kappa shape index (κ3) is 9.35. The molecule has 0 fully saturated rings. The molecule has 0 unspecified atom stereocenters. The number of rotatable bonds is 12. The van der Waals surface area contributed by atoms with Crippen molar-refractivity contribution in [2.45, 2.75) is 78.3 Å². The van der Waals surface area contributed by atoms with E-state index in [1.807, 2.05) is 24.5 Å². The van der Waals surface area contributed by atoms with Crippen LogP contribution in [0.4, 0.5) is 4.39 Å². The van der Waals surface area contributed by atoms with Crippen LogP contribution in [0.3, 0.4) is 0 Å². The van der Waals surface area contributed by atoms with Crippen molar-refractivity contribution in [3.8, 4) is 22.8 Å². The molecule has 0 amide bonds.